The molecule has 0 radical (unpaired) electrons. The van der Waals surface area contributed by atoms with E-state index in [1.807, 2.05) is 0 Å². The SMILES string of the molecule is COc1ccc(OC)c(NC(=O)CCl)c1. The van der Waals surface area contributed by atoms with Crippen molar-refractivity contribution in [3.8, 4) is 11.5 Å². The highest BCUT2D eigenvalue weighted by Crippen LogP contribution is 2.28. The minimum Gasteiger partial charge on any atom is -0.497 e. The summed E-state index contributed by atoms with van der Waals surface area (Å²) in [5.41, 5.74) is 0.544. The average Bonchev–Trinajstić information content (AvgIpc) is 2.28. The predicted octanol–water partition coefficient (Wildman–Crippen LogP) is 1.88. The number of carbonyl (C=O) groups is 1. The van der Waals surface area contributed by atoms with Gasteiger partial charge in [-0.3, -0.25) is 4.79 Å². The number of methoxy groups -OCH3 is 2. The zero-order valence-corrected chi connectivity index (χ0v) is 9.30. The van der Waals surface area contributed by atoms with Gasteiger partial charge in [-0.05, 0) is 12.1 Å². The van der Waals surface area contributed by atoms with E-state index in [4.69, 9.17) is 21.1 Å². The molecule has 0 spiro atoms. The zero-order valence-electron chi connectivity index (χ0n) is 8.54. The fraction of sp³-hybridized carbons (Fsp3) is 0.300. The van der Waals surface area contributed by atoms with Crippen LogP contribution in [0.5, 0.6) is 11.5 Å². The van der Waals surface area contributed by atoms with E-state index in [-0.39, 0.29) is 11.8 Å². The number of halogens is 1. The molecule has 0 aliphatic heterocycles. The van der Waals surface area contributed by atoms with Crippen LogP contribution in [0.2, 0.25) is 0 Å². The summed E-state index contributed by atoms with van der Waals surface area (Å²) in [7, 11) is 3.08. The van der Waals surface area contributed by atoms with E-state index in [9.17, 15) is 4.79 Å². The first-order chi connectivity index (χ1) is 7.21. The summed E-state index contributed by atoms with van der Waals surface area (Å²) in [6, 6.07) is 5.13. The molecule has 5 heteroatoms. The van der Waals surface area contributed by atoms with E-state index in [0.717, 1.165) is 0 Å². The first kappa shape index (κ1) is 11.7. The Bertz CT molecular complexity index is 355. The predicted molar refractivity (Wildman–Crippen MR) is 58.9 cm³/mol. The van der Waals surface area contributed by atoms with Crippen LogP contribution in [-0.2, 0) is 4.79 Å². The van der Waals surface area contributed by atoms with Crippen molar-refractivity contribution in [2.24, 2.45) is 0 Å². The number of amides is 1. The lowest BCUT2D eigenvalue weighted by Crippen LogP contribution is -2.13. The van der Waals surface area contributed by atoms with Crippen molar-refractivity contribution >= 4 is 23.2 Å². The third kappa shape index (κ3) is 3.02. The molecular formula is C10H12ClNO3. The second kappa shape index (κ2) is 5.46. The van der Waals surface area contributed by atoms with E-state index >= 15 is 0 Å². The molecule has 15 heavy (non-hydrogen) atoms. The number of nitrogens with one attached hydrogen (secondary N) is 1. The summed E-state index contributed by atoms with van der Waals surface area (Å²) in [5, 5.41) is 2.61. The second-order valence-electron chi connectivity index (χ2n) is 2.75. The minimum absolute atomic E-state index is 0.0969. The highest BCUT2D eigenvalue weighted by atomic mass is 35.5. The molecule has 1 amide bonds. The molecule has 0 unspecified atom stereocenters. The molecule has 1 aromatic carbocycles. The van der Waals surface area contributed by atoms with Gasteiger partial charge in [0.05, 0.1) is 19.9 Å². The topological polar surface area (TPSA) is 47.6 Å². The Morgan fingerprint density at radius 2 is 2.13 bits per heavy atom. The monoisotopic (exact) mass is 229 g/mol. The largest absolute Gasteiger partial charge is 0.497 e. The van der Waals surface area contributed by atoms with Crippen molar-refractivity contribution in [1.29, 1.82) is 0 Å². The summed E-state index contributed by atoms with van der Waals surface area (Å²) in [4.78, 5) is 11.1. The van der Waals surface area contributed by atoms with Crippen molar-refractivity contribution in [2.45, 2.75) is 0 Å². The molecule has 0 aliphatic carbocycles. The molecule has 0 saturated carbocycles. The van der Waals surface area contributed by atoms with Gasteiger partial charge in [0.25, 0.3) is 0 Å². The zero-order chi connectivity index (χ0) is 11.3. The molecule has 0 heterocycles. The van der Waals surface area contributed by atoms with Gasteiger partial charge >= 0.3 is 0 Å². The molecule has 1 N–H and O–H groups in total. The Kier molecular flexibility index (Phi) is 4.24. The van der Waals surface area contributed by atoms with Gasteiger partial charge in [0, 0.05) is 6.07 Å². The number of anilines is 1. The molecule has 0 atom stereocenters. The first-order valence-corrected chi connectivity index (χ1v) is 4.82. The van der Waals surface area contributed by atoms with Gasteiger partial charge in [-0.2, -0.15) is 0 Å². The molecule has 1 aromatic rings. The highest BCUT2D eigenvalue weighted by molar-refractivity contribution is 6.29. The Labute approximate surface area is 93.1 Å². The molecule has 82 valence electrons. The van der Waals surface area contributed by atoms with Crippen molar-refractivity contribution < 1.29 is 14.3 Å². The van der Waals surface area contributed by atoms with Gasteiger partial charge < -0.3 is 14.8 Å². The van der Waals surface area contributed by atoms with Crippen LogP contribution in [0.3, 0.4) is 0 Å². The van der Waals surface area contributed by atoms with Crippen LogP contribution in [0.4, 0.5) is 5.69 Å². The normalized spacial score (nSPS) is 9.53. The van der Waals surface area contributed by atoms with Crippen LogP contribution < -0.4 is 14.8 Å². The van der Waals surface area contributed by atoms with Crippen LogP contribution in [0.15, 0.2) is 18.2 Å². The minimum atomic E-state index is -0.289. The second-order valence-corrected chi connectivity index (χ2v) is 3.02. The first-order valence-electron chi connectivity index (χ1n) is 4.29. The maximum atomic E-state index is 11.1. The molecule has 0 aliphatic rings. The van der Waals surface area contributed by atoms with E-state index < -0.39 is 0 Å². The molecular weight excluding hydrogens is 218 g/mol. The molecule has 4 nitrogen and oxygen atoms in total. The van der Waals surface area contributed by atoms with Gasteiger partial charge in [-0.1, -0.05) is 0 Å². The number of hydrogen-bond acceptors (Lipinski definition) is 3. The summed E-state index contributed by atoms with van der Waals surface area (Å²) in [5.74, 6) is 0.818. The van der Waals surface area contributed by atoms with Crippen molar-refractivity contribution in [2.75, 3.05) is 25.4 Å². The fourth-order valence-corrected chi connectivity index (χ4v) is 1.16. The Morgan fingerprint density at radius 3 is 2.67 bits per heavy atom. The third-order valence-electron chi connectivity index (χ3n) is 1.80. The number of carbonyl (C=O) groups excluding carboxylic acids is 1. The fourth-order valence-electron chi connectivity index (χ4n) is 1.10. The van der Waals surface area contributed by atoms with Crippen LogP contribution in [0, 0.1) is 0 Å². The average molecular weight is 230 g/mol. The van der Waals surface area contributed by atoms with Gasteiger partial charge in [0.15, 0.2) is 0 Å². The van der Waals surface area contributed by atoms with E-state index in [1.54, 1.807) is 25.3 Å². The summed E-state index contributed by atoms with van der Waals surface area (Å²) in [6.45, 7) is 0. The lowest BCUT2D eigenvalue weighted by Gasteiger charge is -2.10. The van der Waals surface area contributed by atoms with E-state index in [1.165, 1.54) is 7.11 Å². The third-order valence-corrected chi connectivity index (χ3v) is 2.04. The number of alkyl halides is 1. The van der Waals surface area contributed by atoms with Crippen molar-refractivity contribution in [3.63, 3.8) is 0 Å². The van der Waals surface area contributed by atoms with Gasteiger partial charge in [-0.15, -0.1) is 11.6 Å². The summed E-state index contributed by atoms with van der Waals surface area (Å²) in [6.07, 6.45) is 0. The number of benzene rings is 1. The van der Waals surface area contributed by atoms with E-state index in [0.29, 0.717) is 17.2 Å². The Balaban J connectivity index is 2.95. The number of hydrogen-bond donors (Lipinski definition) is 1. The van der Waals surface area contributed by atoms with Gasteiger partial charge in [-0.25, -0.2) is 0 Å². The molecule has 0 aromatic heterocycles. The summed E-state index contributed by atoms with van der Waals surface area (Å²) < 4.78 is 10.1. The molecule has 0 fully saturated rings. The molecule has 0 saturated heterocycles. The Morgan fingerprint density at radius 1 is 1.40 bits per heavy atom. The van der Waals surface area contributed by atoms with Crippen LogP contribution in [0.25, 0.3) is 0 Å². The maximum absolute atomic E-state index is 11.1. The Hall–Kier alpha value is -1.42. The van der Waals surface area contributed by atoms with Crippen molar-refractivity contribution in [1.82, 2.24) is 0 Å². The molecule has 0 bridgehead atoms. The van der Waals surface area contributed by atoms with Crippen LogP contribution in [-0.4, -0.2) is 26.0 Å². The quantitative estimate of drug-likeness (QED) is 0.802. The van der Waals surface area contributed by atoms with Crippen LogP contribution >= 0.6 is 11.6 Å². The lowest BCUT2D eigenvalue weighted by atomic mass is 10.2. The summed E-state index contributed by atoms with van der Waals surface area (Å²) >= 11 is 5.39. The lowest BCUT2D eigenvalue weighted by molar-refractivity contribution is -0.113. The van der Waals surface area contributed by atoms with Gasteiger partial charge in [0.2, 0.25) is 5.91 Å². The highest BCUT2D eigenvalue weighted by Gasteiger charge is 2.07. The number of ether oxygens (including phenoxy) is 2. The maximum Gasteiger partial charge on any atom is 0.239 e. The smallest absolute Gasteiger partial charge is 0.239 e. The molecule has 1 rings (SSSR count). The standard InChI is InChI=1S/C10H12ClNO3/c1-14-7-3-4-9(15-2)8(5-7)12-10(13)6-11/h3-5H,6H2,1-2H3,(H,12,13). The van der Waals surface area contributed by atoms with Gasteiger partial charge in [0.1, 0.15) is 17.4 Å². The van der Waals surface area contributed by atoms with Crippen molar-refractivity contribution in [3.05, 3.63) is 18.2 Å². The van der Waals surface area contributed by atoms with E-state index in [2.05, 4.69) is 5.32 Å². The van der Waals surface area contributed by atoms with Crippen LogP contribution in [0.1, 0.15) is 0 Å². The number of rotatable bonds is 4.